The predicted octanol–water partition coefficient (Wildman–Crippen LogP) is 1.77. The zero-order chi connectivity index (χ0) is 18.4. The van der Waals surface area contributed by atoms with E-state index in [0.717, 1.165) is 12.1 Å². The number of amides is 2. The minimum absolute atomic E-state index is 0.0658. The Bertz CT molecular complexity index is 678. The lowest BCUT2D eigenvalue weighted by atomic mass is 10.1. The van der Waals surface area contributed by atoms with Gasteiger partial charge in [0.2, 0.25) is 10.0 Å². The predicted molar refractivity (Wildman–Crippen MR) is 82.5 cm³/mol. The Morgan fingerprint density at radius 1 is 1.29 bits per heavy atom. The van der Waals surface area contributed by atoms with Crippen molar-refractivity contribution in [3.8, 4) is 5.75 Å². The van der Waals surface area contributed by atoms with Gasteiger partial charge in [0.25, 0.3) is 0 Å². The number of hydrogen-bond donors (Lipinski definition) is 3. The van der Waals surface area contributed by atoms with E-state index >= 15 is 0 Å². The zero-order valence-electron chi connectivity index (χ0n) is 13.0. The molecule has 0 saturated heterocycles. The topological polar surface area (TPSA) is 96.5 Å². The van der Waals surface area contributed by atoms with Crippen molar-refractivity contribution in [1.29, 1.82) is 0 Å². The molecule has 1 aromatic rings. The number of carbonyl (C=O) groups is 1. The van der Waals surface area contributed by atoms with Gasteiger partial charge in [-0.25, -0.2) is 17.9 Å². The molecule has 0 fully saturated rings. The van der Waals surface area contributed by atoms with E-state index in [4.69, 9.17) is 4.74 Å². The van der Waals surface area contributed by atoms with Crippen molar-refractivity contribution < 1.29 is 31.1 Å². The zero-order valence-corrected chi connectivity index (χ0v) is 13.8. The molecular formula is C13H18F3N3O4S. The third kappa shape index (κ3) is 6.24. The summed E-state index contributed by atoms with van der Waals surface area (Å²) in [5, 5.41) is 4.45. The van der Waals surface area contributed by atoms with Crippen LogP contribution in [0.3, 0.4) is 0 Å². The molecule has 0 heterocycles. The highest BCUT2D eigenvalue weighted by Crippen LogP contribution is 2.37. The summed E-state index contributed by atoms with van der Waals surface area (Å²) < 4.78 is 68.3. The number of ether oxygens (including phenoxy) is 1. The molecule has 11 heteroatoms. The molecule has 136 valence electrons. The largest absolute Gasteiger partial charge is 0.493 e. The van der Waals surface area contributed by atoms with Crippen molar-refractivity contribution in [2.75, 3.05) is 31.3 Å². The van der Waals surface area contributed by atoms with Gasteiger partial charge in [0.15, 0.2) is 0 Å². The number of rotatable bonds is 7. The average Bonchev–Trinajstić information content (AvgIpc) is 2.48. The number of sulfonamides is 1. The van der Waals surface area contributed by atoms with Crippen LogP contribution in [-0.4, -0.2) is 40.4 Å². The van der Waals surface area contributed by atoms with E-state index in [9.17, 15) is 26.4 Å². The van der Waals surface area contributed by atoms with Gasteiger partial charge in [-0.3, -0.25) is 0 Å². The Balaban J connectivity index is 2.76. The van der Waals surface area contributed by atoms with Crippen LogP contribution in [0.1, 0.15) is 12.5 Å². The Hall–Kier alpha value is -2.01. The van der Waals surface area contributed by atoms with Gasteiger partial charge < -0.3 is 15.4 Å². The van der Waals surface area contributed by atoms with Crippen LogP contribution >= 0.6 is 0 Å². The number of hydrogen-bond acceptors (Lipinski definition) is 4. The molecule has 24 heavy (non-hydrogen) atoms. The molecule has 0 aliphatic carbocycles. The number of urea groups is 1. The van der Waals surface area contributed by atoms with Crippen molar-refractivity contribution in [3.63, 3.8) is 0 Å². The maximum atomic E-state index is 13.0. The molecule has 2 amide bonds. The van der Waals surface area contributed by atoms with Gasteiger partial charge in [-0.2, -0.15) is 13.2 Å². The van der Waals surface area contributed by atoms with E-state index in [2.05, 4.69) is 15.4 Å². The molecular weight excluding hydrogens is 351 g/mol. The molecule has 7 nitrogen and oxygen atoms in total. The highest BCUT2D eigenvalue weighted by Gasteiger charge is 2.34. The smallest absolute Gasteiger partial charge is 0.420 e. The molecule has 0 aliphatic heterocycles. The summed E-state index contributed by atoms with van der Waals surface area (Å²) >= 11 is 0. The molecule has 0 bridgehead atoms. The first-order valence-electron chi connectivity index (χ1n) is 6.89. The Kier molecular flexibility index (Phi) is 6.84. The first-order chi connectivity index (χ1) is 11.1. The van der Waals surface area contributed by atoms with E-state index in [1.165, 1.54) is 13.1 Å². The molecule has 0 aliphatic rings. The van der Waals surface area contributed by atoms with Gasteiger partial charge in [0.1, 0.15) is 5.75 Å². The highest BCUT2D eigenvalue weighted by molar-refractivity contribution is 7.89. The van der Waals surface area contributed by atoms with Gasteiger partial charge in [-0.15, -0.1) is 0 Å². The summed E-state index contributed by atoms with van der Waals surface area (Å²) in [7, 11) is -2.25. The fourth-order valence-electron chi connectivity index (χ4n) is 1.69. The number of benzene rings is 1. The first-order valence-corrected chi connectivity index (χ1v) is 8.54. The van der Waals surface area contributed by atoms with E-state index in [-0.39, 0.29) is 30.3 Å². The second-order valence-corrected chi connectivity index (χ2v) is 6.59. The molecule has 0 saturated carbocycles. The van der Waals surface area contributed by atoms with Gasteiger partial charge in [-0.1, -0.05) is 0 Å². The van der Waals surface area contributed by atoms with E-state index < -0.39 is 27.8 Å². The summed E-state index contributed by atoms with van der Waals surface area (Å²) in [4.78, 5) is 11.6. The summed E-state index contributed by atoms with van der Waals surface area (Å²) in [5.74, 6) is -0.690. The van der Waals surface area contributed by atoms with Crippen molar-refractivity contribution >= 4 is 21.7 Å². The normalized spacial score (nSPS) is 11.9. The molecule has 0 unspecified atom stereocenters. The van der Waals surface area contributed by atoms with Crippen molar-refractivity contribution in [2.24, 2.45) is 0 Å². The van der Waals surface area contributed by atoms with Gasteiger partial charge in [0, 0.05) is 12.2 Å². The average molecular weight is 369 g/mol. The Morgan fingerprint density at radius 2 is 1.96 bits per heavy atom. The van der Waals surface area contributed by atoms with Crippen LogP contribution in [0.5, 0.6) is 5.75 Å². The van der Waals surface area contributed by atoms with Gasteiger partial charge in [0.05, 0.1) is 17.9 Å². The van der Waals surface area contributed by atoms with Gasteiger partial charge >= 0.3 is 12.2 Å². The van der Waals surface area contributed by atoms with Gasteiger partial charge in [-0.05, 0) is 32.2 Å². The number of halogens is 3. The van der Waals surface area contributed by atoms with Crippen LogP contribution in [0, 0.1) is 0 Å². The van der Waals surface area contributed by atoms with Crippen LogP contribution in [0.25, 0.3) is 0 Å². The number of anilines is 1. The molecule has 0 radical (unpaired) electrons. The summed E-state index contributed by atoms with van der Waals surface area (Å²) in [6, 6.07) is 2.28. The summed E-state index contributed by atoms with van der Waals surface area (Å²) in [6.07, 6.45) is -4.64. The van der Waals surface area contributed by atoms with Crippen molar-refractivity contribution in [2.45, 2.75) is 13.1 Å². The maximum Gasteiger partial charge on any atom is 0.420 e. The summed E-state index contributed by atoms with van der Waals surface area (Å²) in [5.41, 5.74) is -1.11. The molecule has 0 aromatic heterocycles. The lowest BCUT2D eigenvalue weighted by Gasteiger charge is -2.15. The second-order valence-electron chi connectivity index (χ2n) is 4.55. The lowest BCUT2D eigenvalue weighted by molar-refractivity contribution is -0.138. The fourth-order valence-corrected chi connectivity index (χ4v) is 2.26. The maximum absolute atomic E-state index is 13.0. The Labute approximate surface area is 137 Å². The van der Waals surface area contributed by atoms with Crippen LogP contribution in [0.15, 0.2) is 18.2 Å². The highest BCUT2D eigenvalue weighted by atomic mass is 32.2. The number of nitrogens with one attached hydrogen (secondary N) is 3. The first kappa shape index (κ1) is 20.0. The third-order valence-corrected chi connectivity index (χ3v) is 4.17. The molecule has 3 N–H and O–H groups in total. The number of alkyl halides is 3. The second kappa shape index (κ2) is 8.20. The van der Waals surface area contributed by atoms with Crippen LogP contribution in [-0.2, 0) is 16.2 Å². The number of carbonyl (C=O) groups excluding carboxylic acids is 1. The van der Waals surface area contributed by atoms with Crippen LogP contribution < -0.4 is 20.1 Å². The lowest BCUT2D eigenvalue weighted by Crippen LogP contribution is -2.35. The minimum atomic E-state index is -4.64. The van der Waals surface area contributed by atoms with E-state index in [1.54, 1.807) is 6.92 Å². The molecule has 1 rings (SSSR count). The van der Waals surface area contributed by atoms with E-state index in [1.807, 2.05) is 0 Å². The molecule has 0 atom stereocenters. The fraction of sp³-hybridized carbons (Fsp3) is 0.462. The van der Waals surface area contributed by atoms with E-state index in [0.29, 0.717) is 0 Å². The third-order valence-electron chi connectivity index (χ3n) is 2.81. The molecule has 1 aromatic carbocycles. The Morgan fingerprint density at radius 3 is 2.50 bits per heavy atom. The van der Waals surface area contributed by atoms with Crippen molar-refractivity contribution in [3.05, 3.63) is 23.8 Å². The van der Waals surface area contributed by atoms with Crippen LogP contribution in [0.4, 0.5) is 23.7 Å². The van der Waals surface area contributed by atoms with Crippen molar-refractivity contribution in [1.82, 2.24) is 10.0 Å². The SMILES string of the molecule is CCOc1ccc(NC(=O)NCCS(=O)(=O)NC)cc1C(F)(F)F. The monoisotopic (exact) mass is 369 g/mol. The minimum Gasteiger partial charge on any atom is -0.493 e. The quantitative estimate of drug-likeness (QED) is 0.683. The molecule has 0 spiro atoms. The standard InChI is InChI=1S/C13H18F3N3O4S/c1-3-23-11-5-4-9(8-10(11)13(14,15)16)19-12(20)18-6-7-24(21,22)17-2/h4-5,8,17H,3,6-7H2,1-2H3,(H2,18,19,20). The summed E-state index contributed by atoms with van der Waals surface area (Å²) in [6.45, 7) is 1.42. The van der Waals surface area contributed by atoms with Crippen LogP contribution in [0.2, 0.25) is 0 Å².